The van der Waals surface area contributed by atoms with Crippen LogP contribution in [0, 0.1) is 16.0 Å². The molecule has 9 nitrogen and oxygen atoms in total. The van der Waals surface area contributed by atoms with Crippen molar-refractivity contribution >= 4 is 34.7 Å². The Bertz CT molecular complexity index is 999. The van der Waals surface area contributed by atoms with Gasteiger partial charge in [-0.05, 0) is 55.2 Å². The molecule has 2 aromatic carbocycles. The molecule has 0 saturated carbocycles. The lowest BCUT2D eigenvalue weighted by atomic mass is 9.98. The lowest BCUT2D eigenvalue weighted by Crippen LogP contribution is -2.33. The molecule has 162 valence electrons. The molecule has 2 aliphatic heterocycles. The third kappa shape index (κ3) is 4.45. The standard InChI is InChI=1S/C22H25N5O4/c1-15-8-11-25(12-9-15)19-7-2-16(14-20(19)27(30)31)21(28)24-17-3-5-18(6-4-17)26-13-10-23-22(26)29/h2-7,14-15H,8-13H2,1H3,(H,23,29)(H,24,28). The molecule has 0 aliphatic carbocycles. The summed E-state index contributed by atoms with van der Waals surface area (Å²) in [5.74, 6) is 0.195. The van der Waals surface area contributed by atoms with Crippen LogP contribution in [0.2, 0.25) is 0 Å². The maximum atomic E-state index is 12.7. The number of hydrogen-bond donors (Lipinski definition) is 2. The van der Waals surface area contributed by atoms with E-state index in [-0.39, 0.29) is 17.3 Å². The average Bonchev–Trinajstić information content (AvgIpc) is 3.20. The van der Waals surface area contributed by atoms with E-state index in [4.69, 9.17) is 0 Å². The van der Waals surface area contributed by atoms with Gasteiger partial charge in [0.05, 0.1) is 4.92 Å². The summed E-state index contributed by atoms with van der Waals surface area (Å²) >= 11 is 0. The van der Waals surface area contributed by atoms with Crippen molar-refractivity contribution < 1.29 is 14.5 Å². The monoisotopic (exact) mass is 423 g/mol. The van der Waals surface area contributed by atoms with Crippen molar-refractivity contribution in [1.82, 2.24) is 5.32 Å². The average molecular weight is 423 g/mol. The summed E-state index contributed by atoms with van der Waals surface area (Å²) in [6.07, 6.45) is 1.99. The maximum Gasteiger partial charge on any atom is 0.321 e. The Labute approximate surface area is 180 Å². The van der Waals surface area contributed by atoms with Gasteiger partial charge in [-0.15, -0.1) is 0 Å². The number of piperidine rings is 1. The maximum absolute atomic E-state index is 12.7. The molecule has 0 radical (unpaired) electrons. The minimum atomic E-state index is -0.431. The van der Waals surface area contributed by atoms with Crippen LogP contribution in [-0.4, -0.2) is 43.0 Å². The number of nitro groups is 1. The normalized spacial score (nSPS) is 16.9. The molecule has 2 heterocycles. The van der Waals surface area contributed by atoms with Gasteiger partial charge in [-0.25, -0.2) is 4.79 Å². The third-order valence-electron chi connectivity index (χ3n) is 5.85. The first-order valence-corrected chi connectivity index (χ1v) is 10.4. The highest BCUT2D eigenvalue weighted by Crippen LogP contribution is 2.32. The highest BCUT2D eigenvalue weighted by atomic mass is 16.6. The number of nitrogens with one attached hydrogen (secondary N) is 2. The van der Waals surface area contributed by atoms with Crippen molar-refractivity contribution in [1.29, 1.82) is 0 Å². The second-order valence-corrected chi connectivity index (χ2v) is 8.01. The fourth-order valence-corrected chi connectivity index (χ4v) is 3.97. The number of carbonyl (C=O) groups is 2. The number of rotatable bonds is 5. The number of anilines is 3. The Morgan fingerprint density at radius 3 is 2.45 bits per heavy atom. The van der Waals surface area contributed by atoms with E-state index < -0.39 is 10.8 Å². The Morgan fingerprint density at radius 2 is 1.84 bits per heavy atom. The molecule has 2 aliphatic rings. The smallest absolute Gasteiger partial charge is 0.321 e. The molecular formula is C22H25N5O4. The number of nitrogens with zero attached hydrogens (tertiary/aromatic N) is 3. The van der Waals surface area contributed by atoms with Crippen LogP contribution >= 0.6 is 0 Å². The molecule has 2 fully saturated rings. The van der Waals surface area contributed by atoms with Crippen molar-refractivity contribution in [2.75, 3.05) is 41.3 Å². The lowest BCUT2D eigenvalue weighted by Gasteiger charge is -2.31. The number of hydrogen-bond acceptors (Lipinski definition) is 5. The largest absolute Gasteiger partial charge is 0.366 e. The summed E-state index contributed by atoms with van der Waals surface area (Å²) in [6, 6.07) is 11.4. The van der Waals surface area contributed by atoms with Crippen LogP contribution in [0.1, 0.15) is 30.1 Å². The van der Waals surface area contributed by atoms with Gasteiger partial charge in [0, 0.05) is 49.2 Å². The molecule has 31 heavy (non-hydrogen) atoms. The van der Waals surface area contributed by atoms with Crippen LogP contribution in [0.15, 0.2) is 42.5 Å². The minimum absolute atomic E-state index is 0.0578. The van der Waals surface area contributed by atoms with Gasteiger partial charge < -0.3 is 15.5 Å². The number of amides is 3. The molecule has 0 aromatic heterocycles. The number of carbonyl (C=O) groups excluding carboxylic acids is 2. The van der Waals surface area contributed by atoms with Crippen molar-refractivity contribution in [3.05, 3.63) is 58.1 Å². The molecule has 4 rings (SSSR count). The number of benzene rings is 2. The molecule has 0 bridgehead atoms. The second kappa shape index (κ2) is 8.63. The molecule has 3 amide bonds. The molecular weight excluding hydrogens is 398 g/mol. The van der Waals surface area contributed by atoms with E-state index in [9.17, 15) is 19.7 Å². The van der Waals surface area contributed by atoms with Crippen LogP contribution in [0.5, 0.6) is 0 Å². The van der Waals surface area contributed by atoms with E-state index in [1.165, 1.54) is 6.07 Å². The van der Waals surface area contributed by atoms with E-state index in [0.717, 1.165) is 31.6 Å². The molecule has 9 heteroatoms. The zero-order valence-corrected chi connectivity index (χ0v) is 17.3. The molecule has 2 saturated heterocycles. The highest BCUT2D eigenvalue weighted by molar-refractivity contribution is 6.05. The van der Waals surface area contributed by atoms with E-state index in [1.54, 1.807) is 41.3 Å². The summed E-state index contributed by atoms with van der Waals surface area (Å²) in [7, 11) is 0. The summed E-state index contributed by atoms with van der Waals surface area (Å²) in [6.45, 7) is 4.93. The van der Waals surface area contributed by atoms with Crippen LogP contribution in [0.3, 0.4) is 0 Å². The first-order chi connectivity index (χ1) is 14.9. The van der Waals surface area contributed by atoms with E-state index in [2.05, 4.69) is 17.6 Å². The quantitative estimate of drug-likeness (QED) is 0.564. The molecule has 0 atom stereocenters. The van der Waals surface area contributed by atoms with E-state index in [0.29, 0.717) is 30.4 Å². The van der Waals surface area contributed by atoms with Crippen molar-refractivity contribution in [2.24, 2.45) is 5.92 Å². The van der Waals surface area contributed by atoms with Gasteiger partial charge in [0.2, 0.25) is 0 Å². The van der Waals surface area contributed by atoms with Crippen molar-refractivity contribution in [3.8, 4) is 0 Å². The SMILES string of the molecule is CC1CCN(c2ccc(C(=O)Nc3ccc(N4CCNC4=O)cc3)cc2[N+](=O)[O-])CC1. The van der Waals surface area contributed by atoms with E-state index in [1.807, 2.05) is 4.90 Å². The van der Waals surface area contributed by atoms with Gasteiger partial charge in [-0.3, -0.25) is 19.8 Å². The van der Waals surface area contributed by atoms with Gasteiger partial charge in [0.15, 0.2) is 0 Å². The fourth-order valence-electron chi connectivity index (χ4n) is 3.97. The van der Waals surface area contributed by atoms with Gasteiger partial charge >= 0.3 is 6.03 Å². The topological polar surface area (TPSA) is 108 Å². The Morgan fingerprint density at radius 1 is 1.13 bits per heavy atom. The van der Waals surface area contributed by atoms with Crippen LogP contribution in [0.25, 0.3) is 0 Å². The molecule has 2 aromatic rings. The van der Waals surface area contributed by atoms with Crippen molar-refractivity contribution in [3.63, 3.8) is 0 Å². The summed E-state index contributed by atoms with van der Waals surface area (Å²) in [5, 5.41) is 17.2. The minimum Gasteiger partial charge on any atom is -0.366 e. The first-order valence-electron chi connectivity index (χ1n) is 10.4. The number of nitro benzene ring substituents is 1. The molecule has 2 N–H and O–H groups in total. The van der Waals surface area contributed by atoms with Gasteiger partial charge in [-0.2, -0.15) is 0 Å². The molecule has 0 unspecified atom stereocenters. The summed E-state index contributed by atoms with van der Waals surface area (Å²) in [4.78, 5) is 39.3. The summed E-state index contributed by atoms with van der Waals surface area (Å²) < 4.78 is 0. The van der Waals surface area contributed by atoms with Crippen LogP contribution < -0.4 is 20.4 Å². The Hall–Kier alpha value is -3.62. The predicted octanol–water partition coefficient (Wildman–Crippen LogP) is 3.61. The first kappa shape index (κ1) is 20.6. The molecule has 0 spiro atoms. The third-order valence-corrected chi connectivity index (χ3v) is 5.85. The van der Waals surface area contributed by atoms with Gasteiger partial charge in [-0.1, -0.05) is 6.92 Å². The van der Waals surface area contributed by atoms with Gasteiger partial charge in [0.25, 0.3) is 11.6 Å². The zero-order chi connectivity index (χ0) is 22.0. The second-order valence-electron chi connectivity index (χ2n) is 8.01. The van der Waals surface area contributed by atoms with Crippen LogP contribution in [-0.2, 0) is 0 Å². The van der Waals surface area contributed by atoms with Crippen molar-refractivity contribution in [2.45, 2.75) is 19.8 Å². The van der Waals surface area contributed by atoms with E-state index >= 15 is 0 Å². The Kier molecular flexibility index (Phi) is 5.75. The lowest BCUT2D eigenvalue weighted by molar-refractivity contribution is -0.384. The zero-order valence-electron chi connectivity index (χ0n) is 17.3. The Balaban J connectivity index is 1.48. The number of urea groups is 1. The summed E-state index contributed by atoms with van der Waals surface area (Å²) in [5.41, 5.74) is 2.01. The fraction of sp³-hybridized carbons (Fsp3) is 0.364. The van der Waals surface area contributed by atoms with Gasteiger partial charge in [0.1, 0.15) is 5.69 Å². The van der Waals surface area contributed by atoms with Crippen LogP contribution in [0.4, 0.5) is 27.5 Å². The predicted molar refractivity (Wildman–Crippen MR) is 119 cm³/mol. The highest BCUT2D eigenvalue weighted by Gasteiger charge is 2.25.